The lowest BCUT2D eigenvalue weighted by atomic mass is 9.91. The van der Waals surface area contributed by atoms with Gasteiger partial charge >= 0.3 is 0 Å². The lowest BCUT2D eigenvalue weighted by molar-refractivity contribution is 0.0686. The van der Waals surface area contributed by atoms with Crippen molar-refractivity contribution in [3.63, 3.8) is 0 Å². The highest BCUT2D eigenvalue weighted by Crippen LogP contribution is 2.43. The van der Waals surface area contributed by atoms with Crippen LogP contribution in [0.15, 0.2) is 36.4 Å². The zero-order valence-electron chi connectivity index (χ0n) is 23.9. The van der Waals surface area contributed by atoms with Gasteiger partial charge in [0.2, 0.25) is 0 Å². The van der Waals surface area contributed by atoms with Crippen molar-refractivity contribution in [1.29, 1.82) is 0 Å². The SMILES string of the molecule is CCN(C)C[C@H](O)COc1ccc(C(C)N2C3CCC2CC(NC(=O)c2cccc(OC)c2)C3)c(C)c1C. The van der Waals surface area contributed by atoms with Gasteiger partial charge < -0.3 is 24.8 Å². The monoisotopic (exact) mass is 523 g/mol. The number of ether oxygens (including phenoxy) is 2. The van der Waals surface area contributed by atoms with E-state index < -0.39 is 6.10 Å². The summed E-state index contributed by atoms with van der Waals surface area (Å²) < 4.78 is 11.3. The van der Waals surface area contributed by atoms with Gasteiger partial charge in [0.25, 0.3) is 5.91 Å². The second kappa shape index (κ2) is 12.5. The summed E-state index contributed by atoms with van der Waals surface area (Å²) in [6, 6.07) is 13.0. The Morgan fingerprint density at radius 1 is 1.16 bits per heavy atom. The average Bonchev–Trinajstić information content (AvgIpc) is 3.18. The summed E-state index contributed by atoms with van der Waals surface area (Å²) in [5, 5.41) is 13.6. The van der Waals surface area contributed by atoms with Crippen LogP contribution in [0.1, 0.15) is 72.6 Å². The second-order valence-corrected chi connectivity index (χ2v) is 11.1. The van der Waals surface area contributed by atoms with Crippen molar-refractivity contribution >= 4 is 5.91 Å². The molecule has 2 bridgehead atoms. The standard InChI is InChI=1S/C31H45N3O4/c1-7-33(5)18-27(35)19-38-30-14-13-29(20(2)21(30)3)22(4)34-25-11-12-26(34)17-24(16-25)32-31(36)23-9-8-10-28(15-23)37-6/h8-10,13-15,22,24-27,35H,7,11-12,16-19H2,1-6H3,(H,32,36)/t22?,24?,25?,26?,27-/m0/s1. The highest BCUT2D eigenvalue weighted by molar-refractivity contribution is 5.94. The van der Waals surface area contributed by atoms with E-state index in [0.717, 1.165) is 30.7 Å². The maximum atomic E-state index is 12.9. The van der Waals surface area contributed by atoms with E-state index in [0.29, 0.717) is 42.6 Å². The molecular weight excluding hydrogens is 478 g/mol. The molecule has 208 valence electrons. The van der Waals surface area contributed by atoms with Crippen LogP contribution in [0.4, 0.5) is 0 Å². The number of amides is 1. The molecular formula is C31H45N3O4. The molecule has 2 fully saturated rings. The number of hydrogen-bond donors (Lipinski definition) is 2. The Bertz CT molecular complexity index is 1090. The Morgan fingerprint density at radius 3 is 2.53 bits per heavy atom. The van der Waals surface area contributed by atoms with Crippen LogP contribution in [0.25, 0.3) is 0 Å². The molecule has 2 aromatic carbocycles. The Hall–Kier alpha value is -2.61. The number of aliphatic hydroxyl groups is 1. The van der Waals surface area contributed by atoms with Gasteiger partial charge in [-0.2, -0.15) is 0 Å². The molecule has 7 nitrogen and oxygen atoms in total. The minimum atomic E-state index is -0.514. The number of carbonyl (C=O) groups excluding carboxylic acids is 1. The molecule has 2 aliphatic heterocycles. The summed E-state index contributed by atoms with van der Waals surface area (Å²) >= 11 is 0. The summed E-state index contributed by atoms with van der Waals surface area (Å²) in [5.41, 5.74) is 4.36. The van der Waals surface area contributed by atoms with Gasteiger partial charge in [-0.05, 0) is 101 Å². The molecule has 2 heterocycles. The zero-order chi connectivity index (χ0) is 27.4. The molecule has 2 aromatic rings. The summed E-state index contributed by atoms with van der Waals surface area (Å²) in [7, 11) is 3.62. The zero-order valence-corrected chi connectivity index (χ0v) is 23.9. The van der Waals surface area contributed by atoms with Gasteiger partial charge in [0.15, 0.2) is 0 Å². The Balaban J connectivity index is 1.39. The highest BCUT2D eigenvalue weighted by atomic mass is 16.5. The maximum absolute atomic E-state index is 12.9. The van der Waals surface area contributed by atoms with E-state index in [-0.39, 0.29) is 11.9 Å². The van der Waals surface area contributed by atoms with Crippen molar-refractivity contribution in [3.8, 4) is 11.5 Å². The van der Waals surface area contributed by atoms with Crippen LogP contribution in [0.5, 0.6) is 11.5 Å². The van der Waals surface area contributed by atoms with Crippen molar-refractivity contribution in [3.05, 3.63) is 58.7 Å². The topological polar surface area (TPSA) is 74.3 Å². The molecule has 0 saturated carbocycles. The number of piperidine rings is 1. The normalized spacial score (nSPS) is 22.8. The van der Waals surface area contributed by atoms with Crippen LogP contribution in [-0.2, 0) is 0 Å². The van der Waals surface area contributed by atoms with Crippen molar-refractivity contribution in [2.24, 2.45) is 0 Å². The molecule has 2 N–H and O–H groups in total. The number of carbonyl (C=O) groups is 1. The summed E-state index contributed by atoms with van der Waals surface area (Å²) in [4.78, 5) is 17.7. The number of nitrogens with one attached hydrogen (secondary N) is 1. The molecule has 0 aliphatic carbocycles. The smallest absolute Gasteiger partial charge is 0.251 e. The van der Waals surface area contributed by atoms with Crippen LogP contribution in [0, 0.1) is 13.8 Å². The fourth-order valence-electron chi connectivity index (χ4n) is 6.31. The number of hydrogen-bond acceptors (Lipinski definition) is 6. The fourth-order valence-corrected chi connectivity index (χ4v) is 6.31. The predicted octanol–water partition coefficient (Wildman–Crippen LogP) is 4.49. The third-order valence-electron chi connectivity index (χ3n) is 8.63. The largest absolute Gasteiger partial charge is 0.497 e. The molecule has 3 unspecified atom stereocenters. The first-order valence-corrected chi connectivity index (χ1v) is 14.0. The van der Waals surface area contributed by atoms with E-state index >= 15 is 0 Å². The molecule has 2 aliphatic rings. The van der Waals surface area contributed by atoms with Gasteiger partial charge in [-0.1, -0.05) is 19.1 Å². The number of likely N-dealkylation sites (N-methyl/N-ethyl adjacent to an activating group) is 1. The molecule has 2 saturated heterocycles. The van der Waals surface area contributed by atoms with Gasteiger partial charge in [-0.3, -0.25) is 9.69 Å². The molecule has 1 amide bonds. The lowest BCUT2D eigenvalue weighted by Gasteiger charge is -2.43. The van der Waals surface area contributed by atoms with Crippen molar-refractivity contribution in [1.82, 2.24) is 15.1 Å². The molecule has 4 rings (SSSR count). The van der Waals surface area contributed by atoms with E-state index in [1.165, 1.54) is 24.0 Å². The van der Waals surface area contributed by atoms with Crippen LogP contribution in [0.2, 0.25) is 0 Å². The number of aliphatic hydroxyl groups excluding tert-OH is 1. The summed E-state index contributed by atoms with van der Waals surface area (Å²) in [5.74, 6) is 1.52. The third kappa shape index (κ3) is 6.33. The molecule has 4 atom stereocenters. The highest BCUT2D eigenvalue weighted by Gasteiger charge is 2.43. The quantitative estimate of drug-likeness (QED) is 0.452. The van der Waals surface area contributed by atoms with Gasteiger partial charge in [0.1, 0.15) is 24.2 Å². The molecule has 0 aromatic heterocycles. The van der Waals surface area contributed by atoms with Gasteiger partial charge in [-0.15, -0.1) is 0 Å². The van der Waals surface area contributed by atoms with Crippen LogP contribution in [-0.4, -0.2) is 78.9 Å². The number of nitrogens with zero attached hydrogens (tertiary/aromatic N) is 2. The van der Waals surface area contributed by atoms with E-state index in [2.05, 4.69) is 54.9 Å². The van der Waals surface area contributed by atoms with E-state index in [4.69, 9.17) is 9.47 Å². The van der Waals surface area contributed by atoms with Crippen LogP contribution >= 0.6 is 0 Å². The Kier molecular flexibility index (Phi) is 9.34. The van der Waals surface area contributed by atoms with Gasteiger partial charge in [-0.25, -0.2) is 0 Å². The van der Waals surface area contributed by atoms with Gasteiger partial charge in [0, 0.05) is 36.3 Å². The summed E-state index contributed by atoms with van der Waals surface area (Å²) in [6.07, 6.45) is 3.77. The maximum Gasteiger partial charge on any atom is 0.251 e. The van der Waals surface area contributed by atoms with Crippen molar-refractivity contribution in [2.75, 3.05) is 33.9 Å². The lowest BCUT2D eigenvalue weighted by Crippen LogP contribution is -2.51. The van der Waals surface area contributed by atoms with E-state index in [9.17, 15) is 9.90 Å². The number of benzene rings is 2. The minimum Gasteiger partial charge on any atom is -0.497 e. The Labute approximate surface area is 228 Å². The fraction of sp³-hybridized carbons (Fsp3) is 0.581. The number of fused-ring (bicyclic) bond motifs is 2. The van der Waals surface area contributed by atoms with Crippen LogP contribution < -0.4 is 14.8 Å². The molecule has 7 heteroatoms. The Morgan fingerprint density at radius 2 is 1.87 bits per heavy atom. The van der Waals surface area contributed by atoms with Crippen molar-refractivity contribution in [2.45, 2.75) is 83.6 Å². The predicted molar refractivity (Wildman–Crippen MR) is 151 cm³/mol. The van der Waals surface area contributed by atoms with E-state index in [1.54, 1.807) is 13.2 Å². The summed E-state index contributed by atoms with van der Waals surface area (Å²) in [6.45, 7) is 10.5. The minimum absolute atomic E-state index is 0.0247. The van der Waals surface area contributed by atoms with Crippen LogP contribution in [0.3, 0.4) is 0 Å². The van der Waals surface area contributed by atoms with E-state index in [1.807, 2.05) is 25.2 Å². The molecule has 0 spiro atoms. The first kappa shape index (κ1) is 28.4. The third-order valence-corrected chi connectivity index (χ3v) is 8.63. The number of rotatable bonds is 11. The molecule has 0 radical (unpaired) electrons. The van der Waals surface area contributed by atoms with Crippen molar-refractivity contribution < 1.29 is 19.4 Å². The first-order chi connectivity index (χ1) is 18.2. The van der Waals surface area contributed by atoms with Gasteiger partial charge in [0.05, 0.1) is 7.11 Å². The first-order valence-electron chi connectivity index (χ1n) is 14.0. The second-order valence-electron chi connectivity index (χ2n) is 11.1. The molecule has 38 heavy (non-hydrogen) atoms. The average molecular weight is 524 g/mol. The number of methoxy groups -OCH3 is 1.